The van der Waals surface area contributed by atoms with Gasteiger partial charge in [-0.2, -0.15) is 0 Å². The number of halogens is 2. The van der Waals surface area contributed by atoms with Crippen molar-refractivity contribution >= 4 is 11.6 Å². The normalized spacial score (nSPS) is 19.9. The molecular weight excluding hydrogens is 238 g/mol. The molecule has 0 bridgehead atoms. The van der Waals surface area contributed by atoms with Crippen molar-refractivity contribution in [3.05, 3.63) is 29.3 Å². The van der Waals surface area contributed by atoms with Crippen molar-refractivity contribution in [1.82, 2.24) is 4.90 Å². The minimum Gasteiger partial charge on any atom is -0.394 e. The van der Waals surface area contributed by atoms with Gasteiger partial charge in [0.05, 0.1) is 0 Å². The maximum absolute atomic E-state index is 13.3. The Bertz CT molecular complexity index is 453. The molecule has 0 radical (unpaired) electrons. The zero-order valence-corrected chi connectivity index (χ0v) is 10.2. The summed E-state index contributed by atoms with van der Waals surface area (Å²) in [4.78, 5) is 13.8. The van der Waals surface area contributed by atoms with E-state index >= 15 is 0 Å². The number of carbonyl (C=O) groups excluding carboxylic acids is 1. The van der Waals surface area contributed by atoms with Gasteiger partial charge in [-0.3, -0.25) is 4.79 Å². The van der Waals surface area contributed by atoms with Crippen LogP contribution in [0.15, 0.2) is 12.1 Å². The lowest BCUT2D eigenvalue weighted by atomic mass is 9.99. The van der Waals surface area contributed by atoms with Crippen molar-refractivity contribution in [2.45, 2.75) is 19.8 Å². The SMILES string of the molecule is CC1CCCN(C(=O)c2cc(F)c(N)c(F)c2)C1. The van der Waals surface area contributed by atoms with Gasteiger partial charge < -0.3 is 10.6 Å². The number of nitrogens with zero attached hydrogens (tertiary/aromatic N) is 1. The first-order valence-electron chi connectivity index (χ1n) is 6.03. The van der Waals surface area contributed by atoms with Crippen LogP contribution in [0.5, 0.6) is 0 Å². The van der Waals surface area contributed by atoms with E-state index in [1.165, 1.54) is 0 Å². The Hall–Kier alpha value is -1.65. The van der Waals surface area contributed by atoms with E-state index in [9.17, 15) is 13.6 Å². The summed E-state index contributed by atoms with van der Waals surface area (Å²) in [6.45, 7) is 3.33. The van der Waals surface area contributed by atoms with E-state index in [4.69, 9.17) is 5.73 Å². The number of likely N-dealkylation sites (tertiary alicyclic amines) is 1. The highest BCUT2D eigenvalue weighted by Gasteiger charge is 2.23. The number of piperidine rings is 1. The molecule has 18 heavy (non-hydrogen) atoms. The van der Waals surface area contributed by atoms with Crippen molar-refractivity contribution in [1.29, 1.82) is 0 Å². The van der Waals surface area contributed by atoms with Gasteiger partial charge in [-0.1, -0.05) is 6.92 Å². The van der Waals surface area contributed by atoms with Crippen molar-refractivity contribution < 1.29 is 13.6 Å². The van der Waals surface area contributed by atoms with Gasteiger partial charge in [0.2, 0.25) is 0 Å². The molecule has 0 aromatic heterocycles. The summed E-state index contributed by atoms with van der Waals surface area (Å²) in [5, 5.41) is 0. The van der Waals surface area contributed by atoms with Gasteiger partial charge in [-0.25, -0.2) is 8.78 Å². The van der Waals surface area contributed by atoms with E-state index in [0.29, 0.717) is 19.0 Å². The first kappa shape index (κ1) is 12.8. The molecule has 2 rings (SSSR count). The molecule has 1 aliphatic heterocycles. The Labute approximate surface area is 105 Å². The van der Waals surface area contributed by atoms with E-state index in [1.807, 2.05) is 0 Å². The molecule has 1 fully saturated rings. The van der Waals surface area contributed by atoms with Crippen molar-refractivity contribution in [3.63, 3.8) is 0 Å². The average molecular weight is 254 g/mol. The number of carbonyl (C=O) groups is 1. The summed E-state index contributed by atoms with van der Waals surface area (Å²) in [5.41, 5.74) is 4.66. The van der Waals surface area contributed by atoms with Crippen molar-refractivity contribution in [2.75, 3.05) is 18.8 Å². The molecule has 0 spiro atoms. The zero-order valence-electron chi connectivity index (χ0n) is 10.2. The van der Waals surface area contributed by atoms with Crippen molar-refractivity contribution in [3.8, 4) is 0 Å². The van der Waals surface area contributed by atoms with Crippen LogP contribution >= 0.6 is 0 Å². The minimum absolute atomic E-state index is 0.0216. The molecule has 1 heterocycles. The molecule has 0 aliphatic carbocycles. The molecule has 98 valence electrons. The van der Waals surface area contributed by atoms with Crippen LogP contribution in [0.2, 0.25) is 0 Å². The van der Waals surface area contributed by atoms with Crippen LogP contribution in [0, 0.1) is 17.6 Å². The van der Waals surface area contributed by atoms with E-state index in [-0.39, 0.29) is 11.5 Å². The molecule has 5 heteroatoms. The van der Waals surface area contributed by atoms with Crippen LogP contribution in [0.25, 0.3) is 0 Å². The van der Waals surface area contributed by atoms with Crippen molar-refractivity contribution in [2.24, 2.45) is 5.92 Å². The Morgan fingerprint density at radius 3 is 2.56 bits per heavy atom. The van der Waals surface area contributed by atoms with E-state index in [1.54, 1.807) is 4.90 Å². The molecule has 1 unspecified atom stereocenters. The summed E-state index contributed by atoms with van der Waals surface area (Å²) in [5.74, 6) is -1.68. The number of rotatable bonds is 1. The molecule has 3 nitrogen and oxygen atoms in total. The lowest BCUT2D eigenvalue weighted by molar-refractivity contribution is 0.0682. The summed E-state index contributed by atoms with van der Waals surface area (Å²) in [6, 6.07) is 2.00. The molecule has 1 aliphatic rings. The number of anilines is 1. The molecule has 1 amide bonds. The topological polar surface area (TPSA) is 46.3 Å². The number of nitrogens with two attached hydrogens (primary N) is 1. The molecule has 1 aromatic rings. The van der Waals surface area contributed by atoms with Crippen LogP contribution < -0.4 is 5.73 Å². The predicted octanol–water partition coefficient (Wildman–Crippen LogP) is 2.42. The van der Waals surface area contributed by atoms with E-state index in [0.717, 1.165) is 25.0 Å². The smallest absolute Gasteiger partial charge is 0.254 e. The lowest BCUT2D eigenvalue weighted by Crippen LogP contribution is -2.39. The quantitative estimate of drug-likeness (QED) is 0.782. The van der Waals surface area contributed by atoms with Gasteiger partial charge in [-0.05, 0) is 30.9 Å². The Kier molecular flexibility index (Phi) is 3.50. The molecule has 2 N–H and O–H groups in total. The second kappa shape index (κ2) is 4.92. The third-order valence-corrected chi connectivity index (χ3v) is 3.27. The van der Waals surface area contributed by atoms with Gasteiger partial charge in [0.1, 0.15) is 17.3 Å². The number of amides is 1. The number of hydrogen-bond donors (Lipinski definition) is 1. The van der Waals surface area contributed by atoms with E-state index < -0.39 is 17.3 Å². The van der Waals surface area contributed by atoms with Gasteiger partial charge >= 0.3 is 0 Å². The fraction of sp³-hybridized carbons (Fsp3) is 0.462. The van der Waals surface area contributed by atoms with E-state index in [2.05, 4.69) is 6.92 Å². The number of nitrogen functional groups attached to an aromatic ring is 1. The maximum Gasteiger partial charge on any atom is 0.254 e. The molecule has 1 atom stereocenters. The molecular formula is C13H16F2N2O. The Morgan fingerprint density at radius 2 is 2.00 bits per heavy atom. The summed E-state index contributed by atoms with van der Waals surface area (Å²) < 4.78 is 26.6. The Morgan fingerprint density at radius 1 is 1.39 bits per heavy atom. The molecule has 1 aromatic carbocycles. The zero-order chi connectivity index (χ0) is 13.3. The second-order valence-corrected chi connectivity index (χ2v) is 4.85. The highest BCUT2D eigenvalue weighted by atomic mass is 19.1. The predicted molar refractivity (Wildman–Crippen MR) is 65.1 cm³/mol. The monoisotopic (exact) mass is 254 g/mol. The number of benzene rings is 1. The first-order valence-corrected chi connectivity index (χ1v) is 6.03. The lowest BCUT2D eigenvalue weighted by Gasteiger charge is -2.31. The maximum atomic E-state index is 13.3. The van der Waals surface area contributed by atoms with Crippen LogP contribution in [-0.2, 0) is 0 Å². The molecule has 1 saturated heterocycles. The summed E-state index contributed by atoms with van der Waals surface area (Å²) >= 11 is 0. The highest BCUT2D eigenvalue weighted by molar-refractivity contribution is 5.94. The fourth-order valence-corrected chi connectivity index (χ4v) is 2.26. The molecule has 0 saturated carbocycles. The third-order valence-electron chi connectivity index (χ3n) is 3.27. The summed E-state index contributed by atoms with van der Waals surface area (Å²) in [7, 11) is 0. The minimum atomic E-state index is -0.886. The van der Waals surface area contributed by atoms with Gasteiger partial charge in [-0.15, -0.1) is 0 Å². The van der Waals surface area contributed by atoms with Crippen LogP contribution in [0.1, 0.15) is 30.1 Å². The Balaban J connectivity index is 2.23. The van der Waals surface area contributed by atoms with Gasteiger partial charge in [0.15, 0.2) is 0 Å². The highest BCUT2D eigenvalue weighted by Crippen LogP contribution is 2.21. The van der Waals surface area contributed by atoms with Gasteiger partial charge in [0.25, 0.3) is 5.91 Å². The second-order valence-electron chi connectivity index (χ2n) is 4.85. The number of hydrogen-bond acceptors (Lipinski definition) is 2. The first-order chi connectivity index (χ1) is 8.49. The average Bonchev–Trinajstić information content (AvgIpc) is 2.34. The van der Waals surface area contributed by atoms with Crippen LogP contribution in [0.3, 0.4) is 0 Å². The fourth-order valence-electron chi connectivity index (χ4n) is 2.26. The largest absolute Gasteiger partial charge is 0.394 e. The summed E-state index contributed by atoms with van der Waals surface area (Å²) in [6.07, 6.45) is 2.00. The van der Waals surface area contributed by atoms with Crippen LogP contribution in [0.4, 0.5) is 14.5 Å². The third kappa shape index (κ3) is 2.44. The van der Waals surface area contributed by atoms with Gasteiger partial charge in [0, 0.05) is 18.7 Å². The van der Waals surface area contributed by atoms with Crippen LogP contribution in [-0.4, -0.2) is 23.9 Å². The standard InChI is InChI=1S/C13H16F2N2O/c1-8-3-2-4-17(7-8)13(18)9-5-10(14)12(16)11(15)6-9/h5-6,8H,2-4,7,16H2,1H3.